The predicted molar refractivity (Wildman–Crippen MR) is 39.3 cm³/mol. The van der Waals surface area contributed by atoms with Crippen molar-refractivity contribution in [3.05, 3.63) is 35.3 Å². The molecule has 1 rings (SSSR count). The molecule has 11 heavy (non-hydrogen) atoms. The largest absolute Gasteiger partial charge is 0.574 e. The summed E-state index contributed by atoms with van der Waals surface area (Å²) < 4.78 is 25.3. The topological polar surface area (TPSA) is 26.1 Å². The van der Waals surface area contributed by atoms with Crippen molar-refractivity contribution in [3.8, 4) is 0 Å². The Morgan fingerprint density at radius 1 is 1.27 bits per heavy atom. The Kier molecular flexibility index (Phi) is 2.38. The maximum Gasteiger partial charge on any atom is 0.147 e. The van der Waals surface area contributed by atoms with Crippen molar-refractivity contribution < 1.29 is 8.78 Å². The average molecular weight is 157 g/mol. The molecule has 60 valence electrons. The monoisotopic (exact) mass is 157 g/mol. The molecule has 1 N–H and O–H groups in total. The Balaban J connectivity index is 3.00. The van der Waals surface area contributed by atoms with Crippen molar-refractivity contribution in [1.82, 2.24) is 0 Å². The fourth-order valence-electron chi connectivity index (χ4n) is 0.716. The molecule has 0 aliphatic heterocycles. The van der Waals surface area contributed by atoms with E-state index >= 15 is 0 Å². The van der Waals surface area contributed by atoms with Gasteiger partial charge in [-0.05, 0) is 12.1 Å². The first-order valence-electron chi connectivity index (χ1n) is 3.04. The highest BCUT2D eigenvalue weighted by atomic mass is 19.1. The summed E-state index contributed by atoms with van der Waals surface area (Å²) >= 11 is 0. The molecule has 1 aromatic rings. The molecule has 4 heteroatoms. The molecule has 0 aliphatic carbocycles. The van der Waals surface area contributed by atoms with Crippen LogP contribution in [0, 0.1) is 11.6 Å². The highest BCUT2D eigenvalue weighted by molar-refractivity contribution is 5.47. The third-order valence-electron chi connectivity index (χ3n) is 1.19. The third-order valence-corrected chi connectivity index (χ3v) is 1.19. The Labute approximate surface area is 63.2 Å². The van der Waals surface area contributed by atoms with Gasteiger partial charge in [0.25, 0.3) is 0 Å². The molecule has 0 aliphatic rings. The van der Waals surface area contributed by atoms with E-state index in [1.165, 1.54) is 13.1 Å². The zero-order valence-corrected chi connectivity index (χ0v) is 5.94. The van der Waals surface area contributed by atoms with E-state index in [9.17, 15) is 8.78 Å². The van der Waals surface area contributed by atoms with Crippen molar-refractivity contribution in [2.24, 2.45) is 0 Å². The summed E-state index contributed by atoms with van der Waals surface area (Å²) in [6.45, 7) is 0. The van der Waals surface area contributed by atoms with E-state index < -0.39 is 11.6 Å². The number of hydrogen-bond acceptors (Lipinski definition) is 1. The lowest BCUT2D eigenvalue weighted by molar-refractivity contribution is 0.590. The Bertz CT molecular complexity index is 230. The Morgan fingerprint density at radius 3 is 2.27 bits per heavy atom. The van der Waals surface area contributed by atoms with Crippen LogP contribution in [-0.4, -0.2) is 7.05 Å². The van der Waals surface area contributed by atoms with Crippen LogP contribution in [0.2, 0.25) is 0 Å². The Hall–Kier alpha value is -1.16. The average Bonchev–Trinajstić information content (AvgIpc) is 1.97. The van der Waals surface area contributed by atoms with Gasteiger partial charge in [0, 0.05) is 0 Å². The molecule has 0 saturated carbocycles. The van der Waals surface area contributed by atoms with Crippen LogP contribution in [0.3, 0.4) is 0 Å². The van der Waals surface area contributed by atoms with E-state index in [-0.39, 0.29) is 5.69 Å². The first-order valence-corrected chi connectivity index (χ1v) is 3.04. The number of hydrogen-bond donors (Lipinski definition) is 1. The number of halogens is 2. The molecule has 0 unspecified atom stereocenters. The molecule has 0 fully saturated rings. The first-order chi connectivity index (χ1) is 5.25. The van der Waals surface area contributed by atoms with Crippen LogP contribution in [0.5, 0.6) is 0 Å². The van der Waals surface area contributed by atoms with E-state index in [1.54, 1.807) is 0 Å². The van der Waals surface area contributed by atoms with E-state index in [2.05, 4.69) is 10.9 Å². The summed E-state index contributed by atoms with van der Waals surface area (Å²) in [5, 5.41) is 0. The van der Waals surface area contributed by atoms with Crippen LogP contribution in [0.1, 0.15) is 0 Å². The standard InChI is InChI=1S/C7H7F2N2/c1-10-11-7-5(8)3-2-4-6(7)9/h2-4,11H,1H3/q-1. The maximum atomic E-state index is 12.7. The lowest BCUT2D eigenvalue weighted by atomic mass is 10.3. The van der Waals surface area contributed by atoms with E-state index in [0.29, 0.717) is 0 Å². The van der Waals surface area contributed by atoms with Gasteiger partial charge in [0.15, 0.2) is 0 Å². The van der Waals surface area contributed by atoms with Gasteiger partial charge in [0.2, 0.25) is 0 Å². The molecule has 1 aromatic carbocycles. The minimum Gasteiger partial charge on any atom is -0.574 e. The third kappa shape index (κ3) is 1.65. The van der Waals surface area contributed by atoms with E-state index in [1.807, 2.05) is 0 Å². The quantitative estimate of drug-likeness (QED) is 0.655. The molecular formula is C7H7F2N2-. The van der Waals surface area contributed by atoms with Crippen LogP contribution in [0.15, 0.2) is 18.2 Å². The molecule has 0 heterocycles. The fourth-order valence-corrected chi connectivity index (χ4v) is 0.716. The van der Waals surface area contributed by atoms with Gasteiger partial charge in [-0.1, -0.05) is 6.07 Å². The van der Waals surface area contributed by atoms with Crippen molar-refractivity contribution in [3.63, 3.8) is 0 Å². The van der Waals surface area contributed by atoms with Crippen LogP contribution in [-0.2, 0) is 0 Å². The van der Waals surface area contributed by atoms with Crippen molar-refractivity contribution in [1.29, 1.82) is 0 Å². The second-order valence-corrected chi connectivity index (χ2v) is 1.93. The summed E-state index contributed by atoms with van der Waals surface area (Å²) in [6.07, 6.45) is 0. The summed E-state index contributed by atoms with van der Waals surface area (Å²) in [7, 11) is 1.41. The van der Waals surface area contributed by atoms with Gasteiger partial charge in [-0.2, -0.15) is 0 Å². The number of benzene rings is 1. The van der Waals surface area contributed by atoms with Crippen molar-refractivity contribution >= 4 is 5.69 Å². The number of rotatable bonds is 2. The normalized spacial score (nSPS) is 9.73. The lowest BCUT2D eigenvalue weighted by Gasteiger charge is -2.17. The lowest BCUT2D eigenvalue weighted by Crippen LogP contribution is -1.96. The van der Waals surface area contributed by atoms with Crippen LogP contribution in [0.4, 0.5) is 14.5 Å². The molecular weight excluding hydrogens is 150 g/mol. The fraction of sp³-hybridized carbons (Fsp3) is 0.143. The highest BCUT2D eigenvalue weighted by Crippen LogP contribution is 2.18. The summed E-state index contributed by atoms with van der Waals surface area (Å²) in [4.78, 5) is 0. The molecule has 0 atom stereocenters. The Morgan fingerprint density at radius 2 is 1.82 bits per heavy atom. The van der Waals surface area contributed by atoms with Gasteiger partial charge in [0.1, 0.15) is 11.6 Å². The predicted octanol–water partition coefficient (Wildman–Crippen LogP) is 2.30. The van der Waals surface area contributed by atoms with Gasteiger partial charge < -0.3 is 10.9 Å². The van der Waals surface area contributed by atoms with Crippen LogP contribution < -0.4 is 5.43 Å². The van der Waals surface area contributed by atoms with Gasteiger partial charge >= 0.3 is 0 Å². The van der Waals surface area contributed by atoms with Crippen LogP contribution >= 0.6 is 0 Å². The summed E-state index contributed by atoms with van der Waals surface area (Å²) in [6, 6.07) is 3.62. The minimum absolute atomic E-state index is 0.213. The van der Waals surface area contributed by atoms with Gasteiger partial charge in [0.05, 0.1) is 5.69 Å². The maximum absolute atomic E-state index is 12.7. The molecule has 0 bridgehead atoms. The molecule has 2 nitrogen and oxygen atoms in total. The number of para-hydroxylation sites is 1. The summed E-state index contributed by atoms with van der Waals surface area (Å²) in [5.41, 5.74) is 5.40. The van der Waals surface area contributed by atoms with Gasteiger partial charge in [-0.25, -0.2) is 8.78 Å². The van der Waals surface area contributed by atoms with Crippen molar-refractivity contribution in [2.45, 2.75) is 0 Å². The van der Waals surface area contributed by atoms with Gasteiger partial charge in [-0.15, -0.1) is 7.05 Å². The minimum atomic E-state index is -0.643. The smallest absolute Gasteiger partial charge is 0.147 e. The zero-order valence-electron chi connectivity index (χ0n) is 5.94. The molecule has 0 spiro atoms. The number of nitrogens with zero attached hydrogens (tertiary/aromatic N) is 1. The first kappa shape index (κ1) is 7.94. The van der Waals surface area contributed by atoms with Gasteiger partial charge in [-0.3, -0.25) is 0 Å². The molecule has 0 aromatic heterocycles. The van der Waals surface area contributed by atoms with Crippen molar-refractivity contribution in [2.75, 3.05) is 12.5 Å². The highest BCUT2D eigenvalue weighted by Gasteiger charge is 2.02. The van der Waals surface area contributed by atoms with Crippen LogP contribution in [0.25, 0.3) is 5.43 Å². The second kappa shape index (κ2) is 3.30. The SMILES string of the molecule is C[N-]Nc1c(F)cccc1F. The van der Waals surface area contributed by atoms with E-state index in [4.69, 9.17) is 0 Å². The molecule has 0 saturated heterocycles. The number of anilines is 1. The summed E-state index contributed by atoms with van der Waals surface area (Å²) in [5.74, 6) is -1.29. The second-order valence-electron chi connectivity index (χ2n) is 1.93. The van der Waals surface area contributed by atoms with E-state index in [0.717, 1.165) is 12.1 Å². The molecule has 0 amide bonds. The molecule has 0 radical (unpaired) electrons. The zero-order chi connectivity index (χ0) is 8.27. The number of nitrogens with one attached hydrogen (secondary N) is 1.